The van der Waals surface area contributed by atoms with Crippen molar-refractivity contribution in [2.45, 2.75) is 37.0 Å². The molecule has 45 heavy (non-hydrogen) atoms. The molecule has 2 N–H and O–H groups in total. The van der Waals surface area contributed by atoms with Crippen LogP contribution in [-0.2, 0) is 21.1 Å². The van der Waals surface area contributed by atoms with Crippen LogP contribution in [0, 0.1) is 23.6 Å². The fourth-order valence-corrected chi connectivity index (χ4v) is 5.90. The number of sulfone groups is 1. The van der Waals surface area contributed by atoms with Gasteiger partial charge >= 0.3 is 6.18 Å². The van der Waals surface area contributed by atoms with Crippen LogP contribution in [0.3, 0.4) is 0 Å². The molecule has 15 heteroatoms. The van der Waals surface area contributed by atoms with E-state index in [1.807, 2.05) is 6.92 Å². The molecule has 0 unspecified atom stereocenters. The topological polar surface area (TPSA) is 115 Å². The number of imidazole rings is 1. The molecule has 0 saturated carbocycles. The Morgan fingerprint density at radius 3 is 2.60 bits per heavy atom. The van der Waals surface area contributed by atoms with Gasteiger partial charge in [-0.2, -0.15) is 13.2 Å². The zero-order chi connectivity index (χ0) is 32.9. The van der Waals surface area contributed by atoms with Crippen LogP contribution in [0.25, 0.3) is 11.0 Å². The highest BCUT2D eigenvalue weighted by atomic mass is 32.2. The third kappa shape index (κ3) is 8.65. The van der Waals surface area contributed by atoms with Crippen LogP contribution in [0.2, 0.25) is 0 Å². The summed E-state index contributed by atoms with van der Waals surface area (Å²) in [4.78, 5) is 19.7. The summed E-state index contributed by atoms with van der Waals surface area (Å²) in [5.41, 5.74) is 0.592. The third-order valence-corrected chi connectivity index (χ3v) is 8.58. The first-order chi connectivity index (χ1) is 21.2. The molecular formula is C30H35F4N5O5S. The van der Waals surface area contributed by atoms with Crippen LogP contribution >= 0.6 is 0 Å². The van der Waals surface area contributed by atoms with Crippen molar-refractivity contribution in [2.24, 2.45) is 5.92 Å². The van der Waals surface area contributed by atoms with E-state index in [2.05, 4.69) is 32.4 Å². The third-order valence-electron chi connectivity index (χ3n) is 7.49. The van der Waals surface area contributed by atoms with Gasteiger partial charge in [-0.25, -0.2) is 17.8 Å². The summed E-state index contributed by atoms with van der Waals surface area (Å²) < 4.78 is 89.5. The Morgan fingerprint density at radius 1 is 1.20 bits per heavy atom. The second kappa shape index (κ2) is 14.1. The number of nitrogens with one attached hydrogen (secondary N) is 2. The van der Waals surface area contributed by atoms with E-state index in [4.69, 9.17) is 9.47 Å². The number of methoxy groups -OCH3 is 2. The number of halogens is 4. The van der Waals surface area contributed by atoms with Crippen LogP contribution in [0.15, 0.2) is 35.5 Å². The largest absolute Gasteiger partial charge is 0.492 e. The lowest BCUT2D eigenvalue weighted by atomic mass is 9.93. The van der Waals surface area contributed by atoms with Gasteiger partial charge in [0, 0.05) is 44.6 Å². The van der Waals surface area contributed by atoms with E-state index in [-0.39, 0.29) is 57.0 Å². The Morgan fingerprint density at radius 2 is 1.96 bits per heavy atom. The number of anilines is 1. The van der Waals surface area contributed by atoms with Gasteiger partial charge in [0.05, 0.1) is 48.3 Å². The number of aromatic nitrogens is 2. The van der Waals surface area contributed by atoms with Crippen molar-refractivity contribution in [1.29, 1.82) is 0 Å². The number of nitrogens with zero attached hydrogens (tertiary/aromatic N) is 3. The van der Waals surface area contributed by atoms with Crippen molar-refractivity contribution in [3.8, 4) is 17.6 Å². The molecule has 0 aliphatic carbocycles. The smallest absolute Gasteiger partial charge is 0.406 e. The second-order valence-corrected chi connectivity index (χ2v) is 12.9. The van der Waals surface area contributed by atoms with E-state index in [1.165, 1.54) is 25.3 Å². The molecule has 0 spiro atoms. The van der Waals surface area contributed by atoms with Gasteiger partial charge in [-0.05, 0) is 36.6 Å². The van der Waals surface area contributed by atoms with Gasteiger partial charge in [-0.1, -0.05) is 18.8 Å². The molecule has 10 nitrogen and oxygen atoms in total. The van der Waals surface area contributed by atoms with E-state index in [0.29, 0.717) is 13.0 Å². The highest BCUT2D eigenvalue weighted by molar-refractivity contribution is 7.90. The van der Waals surface area contributed by atoms with Crippen molar-refractivity contribution in [1.82, 2.24) is 19.8 Å². The number of fused-ring (bicyclic) bond motifs is 1. The van der Waals surface area contributed by atoms with Crippen molar-refractivity contribution in [3.05, 3.63) is 47.5 Å². The van der Waals surface area contributed by atoms with Gasteiger partial charge in [0.15, 0.2) is 21.4 Å². The van der Waals surface area contributed by atoms with Crippen molar-refractivity contribution in [3.63, 3.8) is 0 Å². The van der Waals surface area contributed by atoms with Gasteiger partial charge in [-0.15, -0.1) is 0 Å². The van der Waals surface area contributed by atoms with E-state index >= 15 is 0 Å². The molecule has 1 fully saturated rings. The number of piperidine rings is 1. The van der Waals surface area contributed by atoms with Crippen LogP contribution < -0.4 is 15.4 Å². The minimum Gasteiger partial charge on any atom is -0.492 e. The first-order valence-corrected chi connectivity index (χ1v) is 16.0. The molecule has 0 radical (unpaired) electrons. The fourth-order valence-electron chi connectivity index (χ4n) is 5.25. The maximum Gasteiger partial charge on any atom is 0.406 e. The summed E-state index contributed by atoms with van der Waals surface area (Å²) >= 11 is 0. The summed E-state index contributed by atoms with van der Waals surface area (Å²) in [6.45, 7) is 3.51. The minimum absolute atomic E-state index is 0.0494. The number of carbonyl (C=O) groups is 1. The van der Waals surface area contributed by atoms with Crippen molar-refractivity contribution >= 4 is 32.5 Å². The predicted octanol–water partition coefficient (Wildman–Crippen LogP) is 3.70. The molecule has 2 heterocycles. The Kier molecular flexibility index (Phi) is 10.6. The molecule has 2 atom stereocenters. The minimum atomic E-state index is -4.53. The highest BCUT2D eigenvalue weighted by Gasteiger charge is 2.31. The molecule has 2 aromatic carbocycles. The van der Waals surface area contributed by atoms with Crippen LogP contribution in [0.1, 0.15) is 29.3 Å². The number of ether oxygens (including phenoxy) is 2. The quantitative estimate of drug-likeness (QED) is 0.252. The predicted molar refractivity (Wildman–Crippen MR) is 161 cm³/mol. The fraction of sp³-hybridized carbons (Fsp3) is 0.467. The van der Waals surface area contributed by atoms with Crippen molar-refractivity contribution in [2.75, 3.05) is 58.6 Å². The van der Waals surface area contributed by atoms with E-state index < -0.39 is 34.3 Å². The molecule has 3 aromatic rings. The molecular weight excluding hydrogens is 618 g/mol. The Labute approximate surface area is 259 Å². The zero-order valence-electron chi connectivity index (χ0n) is 25.3. The number of alkyl halides is 3. The monoisotopic (exact) mass is 653 g/mol. The number of carbonyl (C=O) groups excluding carboxylic acids is 1. The Balaban J connectivity index is 1.60. The lowest BCUT2D eigenvalue weighted by Crippen LogP contribution is -2.50. The summed E-state index contributed by atoms with van der Waals surface area (Å²) in [7, 11) is -0.850. The summed E-state index contributed by atoms with van der Waals surface area (Å²) in [6, 6.07) is 4.80. The summed E-state index contributed by atoms with van der Waals surface area (Å²) in [6.07, 6.45) is -1.85. The van der Waals surface area contributed by atoms with Gasteiger partial charge in [-0.3, -0.25) is 4.79 Å². The molecule has 1 aromatic heterocycles. The van der Waals surface area contributed by atoms with Crippen molar-refractivity contribution < 1.29 is 40.2 Å². The van der Waals surface area contributed by atoms with Gasteiger partial charge < -0.3 is 29.6 Å². The lowest BCUT2D eigenvalue weighted by molar-refractivity contribution is -0.139. The normalized spacial score (nSPS) is 17.5. The molecule has 0 bridgehead atoms. The molecule has 1 aliphatic rings. The average Bonchev–Trinajstić information content (AvgIpc) is 3.35. The summed E-state index contributed by atoms with van der Waals surface area (Å²) in [5.74, 6) is 4.18. The summed E-state index contributed by atoms with van der Waals surface area (Å²) in [5, 5.41) is 5.85. The van der Waals surface area contributed by atoms with Crippen LogP contribution in [0.5, 0.6) is 5.75 Å². The lowest BCUT2D eigenvalue weighted by Gasteiger charge is -2.37. The second-order valence-electron chi connectivity index (χ2n) is 10.9. The Hall–Kier alpha value is -3.87. The Bertz CT molecular complexity index is 1720. The number of hydrogen-bond donors (Lipinski definition) is 2. The van der Waals surface area contributed by atoms with E-state index in [0.717, 1.165) is 42.9 Å². The van der Waals surface area contributed by atoms with Gasteiger partial charge in [0.1, 0.15) is 12.1 Å². The average molecular weight is 654 g/mol. The maximum absolute atomic E-state index is 14.5. The maximum atomic E-state index is 14.5. The van der Waals surface area contributed by atoms with Gasteiger partial charge in [0.25, 0.3) is 5.91 Å². The highest BCUT2D eigenvalue weighted by Crippen LogP contribution is 2.31. The van der Waals surface area contributed by atoms with E-state index in [9.17, 15) is 30.8 Å². The number of hydrogen-bond acceptors (Lipinski definition) is 8. The van der Waals surface area contributed by atoms with Crippen LogP contribution in [0.4, 0.5) is 23.2 Å². The molecule has 1 aliphatic heterocycles. The van der Waals surface area contributed by atoms with E-state index in [1.54, 1.807) is 7.11 Å². The zero-order valence-corrected chi connectivity index (χ0v) is 26.1. The first-order valence-electron chi connectivity index (χ1n) is 14.1. The van der Waals surface area contributed by atoms with Crippen LogP contribution in [-0.4, -0.2) is 94.3 Å². The molecule has 4 rings (SSSR count). The molecule has 1 amide bonds. The SMILES string of the molecule is COCCN1CC[C@H](NC(=O)c2cc(C#CCNc3cc(S(C)(=O)=O)cc(F)c3OC)cc3c2ncn3CC(F)(F)F)[C@@H](C)C1. The molecule has 1 saturated heterocycles. The molecule has 244 valence electrons. The number of rotatable bonds is 10. The number of amides is 1. The van der Waals surface area contributed by atoms with Gasteiger partial charge in [0.2, 0.25) is 0 Å². The first kappa shape index (κ1) is 34.0. The number of benzene rings is 2. The number of likely N-dealkylation sites (tertiary alicyclic amines) is 1. The standard InChI is InChI=1S/C30H35F4N5O5S/c1-19-16-38(10-11-43-2)9-7-24(19)37-29(40)22-12-20(13-26-27(22)36-18-39(26)17-30(32,33)34)6-5-8-35-25-15-21(45(4,41)42)14-23(31)28(25)44-3/h12-15,18-19,24,35H,7-11,16-17H2,1-4H3,(H,37,40)/t19-,24-/m0/s1.